The highest BCUT2D eigenvalue weighted by atomic mass is 15.2. The minimum Gasteiger partial charge on any atom is -0.356 e. The number of benzene rings is 1. The second-order valence-electron chi connectivity index (χ2n) is 8.33. The van der Waals surface area contributed by atoms with Crippen LogP contribution in [0.1, 0.15) is 37.1 Å². The third-order valence-corrected chi connectivity index (χ3v) is 5.53. The van der Waals surface area contributed by atoms with Crippen LogP contribution in [0.2, 0.25) is 0 Å². The van der Waals surface area contributed by atoms with Gasteiger partial charge in [0.25, 0.3) is 0 Å². The number of piperidine rings is 1. The van der Waals surface area contributed by atoms with Gasteiger partial charge in [0, 0.05) is 58.1 Å². The summed E-state index contributed by atoms with van der Waals surface area (Å²) >= 11 is 0. The van der Waals surface area contributed by atoms with E-state index in [0.29, 0.717) is 0 Å². The van der Waals surface area contributed by atoms with Crippen LogP contribution in [0.5, 0.6) is 0 Å². The molecule has 2 aromatic rings. The maximum absolute atomic E-state index is 4.37. The van der Waals surface area contributed by atoms with Crippen LogP contribution >= 0.6 is 0 Å². The van der Waals surface area contributed by atoms with Crippen molar-refractivity contribution in [1.82, 2.24) is 20.5 Å². The Balaban J connectivity index is 1.51. The minimum atomic E-state index is 0.776. The maximum atomic E-state index is 4.37. The summed E-state index contributed by atoms with van der Waals surface area (Å²) in [5, 5.41) is 6.86. The molecule has 0 radical (unpaired) electrons. The van der Waals surface area contributed by atoms with Gasteiger partial charge in [0.1, 0.15) is 0 Å². The summed E-state index contributed by atoms with van der Waals surface area (Å²) < 4.78 is 0. The Kier molecular flexibility index (Phi) is 8.05. The lowest BCUT2D eigenvalue weighted by molar-refractivity contribution is 0.134. The second-order valence-corrected chi connectivity index (χ2v) is 8.33. The van der Waals surface area contributed by atoms with E-state index < -0.39 is 0 Å². The first-order valence-electron chi connectivity index (χ1n) is 10.8. The predicted molar refractivity (Wildman–Crippen MR) is 121 cm³/mol. The molecule has 1 saturated heterocycles. The fourth-order valence-corrected chi connectivity index (χ4v) is 4.30. The van der Waals surface area contributed by atoms with E-state index in [1.54, 1.807) is 0 Å². The zero-order valence-electron chi connectivity index (χ0n) is 18.1. The van der Waals surface area contributed by atoms with Gasteiger partial charge in [0.2, 0.25) is 0 Å². The van der Waals surface area contributed by atoms with Crippen LogP contribution in [0, 0.1) is 11.8 Å². The number of nitrogens with one attached hydrogen (secondary N) is 2. The molecule has 1 aromatic heterocycles. The Morgan fingerprint density at radius 1 is 1.03 bits per heavy atom. The first-order valence-corrected chi connectivity index (χ1v) is 10.8. The standard InChI is InChI=1S/C24H35N5/c1-19-14-20(2)17-29(16-19)18-22-9-5-4-8-21(22)15-28-24(25-3)27-13-11-23-10-6-7-12-26-23/h4-10,12,19-20H,11,13-18H2,1-3H3,(H2,25,27,28). The summed E-state index contributed by atoms with van der Waals surface area (Å²) in [7, 11) is 1.82. The highest BCUT2D eigenvalue weighted by Gasteiger charge is 2.22. The van der Waals surface area contributed by atoms with Gasteiger partial charge in [-0.15, -0.1) is 0 Å². The number of rotatable bonds is 7. The largest absolute Gasteiger partial charge is 0.356 e. The van der Waals surface area contributed by atoms with Crippen molar-refractivity contribution in [2.45, 2.75) is 39.8 Å². The maximum Gasteiger partial charge on any atom is 0.191 e. The van der Waals surface area contributed by atoms with E-state index in [1.165, 1.54) is 30.6 Å². The molecule has 29 heavy (non-hydrogen) atoms. The van der Waals surface area contributed by atoms with Crippen molar-refractivity contribution in [3.63, 3.8) is 0 Å². The zero-order chi connectivity index (χ0) is 20.5. The van der Waals surface area contributed by atoms with Gasteiger partial charge in [-0.2, -0.15) is 0 Å². The Morgan fingerprint density at radius 2 is 1.76 bits per heavy atom. The molecule has 2 N–H and O–H groups in total. The minimum absolute atomic E-state index is 0.776. The number of nitrogens with zero attached hydrogens (tertiary/aromatic N) is 3. The number of aromatic nitrogens is 1. The molecule has 2 heterocycles. The van der Waals surface area contributed by atoms with E-state index in [1.807, 2.05) is 25.4 Å². The number of pyridine rings is 1. The average Bonchev–Trinajstić information content (AvgIpc) is 2.71. The molecule has 0 amide bonds. The summed E-state index contributed by atoms with van der Waals surface area (Å²) in [6.45, 7) is 9.75. The molecule has 1 aliphatic rings. The average molecular weight is 394 g/mol. The molecular formula is C24H35N5. The van der Waals surface area contributed by atoms with Crippen LogP contribution in [-0.4, -0.2) is 42.5 Å². The van der Waals surface area contributed by atoms with E-state index in [2.05, 4.69) is 69.7 Å². The molecule has 0 saturated carbocycles. The summed E-state index contributed by atoms with van der Waals surface area (Å²) in [5.41, 5.74) is 3.84. The quantitative estimate of drug-likeness (QED) is 0.559. The van der Waals surface area contributed by atoms with Gasteiger partial charge >= 0.3 is 0 Å². The Morgan fingerprint density at radius 3 is 2.45 bits per heavy atom. The number of likely N-dealkylation sites (tertiary alicyclic amines) is 1. The van der Waals surface area contributed by atoms with Crippen LogP contribution in [0.15, 0.2) is 53.7 Å². The molecule has 5 nitrogen and oxygen atoms in total. The van der Waals surface area contributed by atoms with E-state index in [0.717, 1.165) is 49.5 Å². The van der Waals surface area contributed by atoms with Gasteiger partial charge in [0.15, 0.2) is 5.96 Å². The molecule has 2 atom stereocenters. The van der Waals surface area contributed by atoms with Crippen molar-refractivity contribution >= 4 is 5.96 Å². The highest BCUT2D eigenvalue weighted by molar-refractivity contribution is 5.79. The van der Waals surface area contributed by atoms with E-state index >= 15 is 0 Å². The van der Waals surface area contributed by atoms with Gasteiger partial charge in [-0.1, -0.05) is 44.2 Å². The number of guanidine groups is 1. The monoisotopic (exact) mass is 393 g/mol. The van der Waals surface area contributed by atoms with Crippen molar-refractivity contribution in [3.8, 4) is 0 Å². The van der Waals surface area contributed by atoms with E-state index in [4.69, 9.17) is 0 Å². The second kappa shape index (κ2) is 11.0. The molecule has 1 aromatic carbocycles. The van der Waals surface area contributed by atoms with Crippen molar-refractivity contribution in [3.05, 3.63) is 65.5 Å². The third-order valence-electron chi connectivity index (χ3n) is 5.53. The Hall–Kier alpha value is -2.40. The molecule has 1 aliphatic heterocycles. The third kappa shape index (κ3) is 6.86. The first kappa shape index (κ1) is 21.3. The van der Waals surface area contributed by atoms with Gasteiger partial charge < -0.3 is 10.6 Å². The van der Waals surface area contributed by atoms with Crippen LogP contribution in [0.25, 0.3) is 0 Å². The van der Waals surface area contributed by atoms with Crippen molar-refractivity contribution in [2.75, 3.05) is 26.7 Å². The molecule has 3 rings (SSSR count). The summed E-state index contributed by atoms with van der Waals surface area (Å²) in [6.07, 6.45) is 4.06. The Bertz CT molecular complexity index is 764. The molecule has 156 valence electrons. The van der Waals surface area contributed by atoms with Crippen molar-refractivity contribution in [2.24, 2.45) is 16.8 Å². The van der Waals surface area contributed by atoms with Crippen LogP contribution in [-0.2, 0) is 19.5 Å². The SMILES string of the molecule is CN=C(NCCc1ccccn1)NCc1ccccc1CN1CC(C)CC(C)C1. The molecular weight excluding hydrogens is 358 g/mol. The van der Waals surface area contributed by atoms with Crippen LogP contribution in [0.4, 0.5) is 0 Å². The smallest absolute Gasteiger partial charge is 0.191 e. The lowest BCUT2D eigenvalue weighted by atomic mass is 9.91. The van der Waals surface area contributed by atoms with Gasteiger partial charge in [0.05, 0.1) is 0 Å². The van der Waals surface area contributed by atoms with Gasteiger partial charge in [-0.3, -0.25) is 14.9 Å². The summed E-state index contributed by atoms with van der Waals surface area (Å²) in [5.74, 6) is 2.40. The molecule has 0 aliphatic carbocycles. The number of hydrogen-bond acceptors (Lipinski definition) is 3. The van der Waals surface area contributed by atoms with E-state index in [9.17, 15) is 0 Å². The fourth-order valence-electron chi connectivity index (χ4n) is 4.30. The summed E-state index contributed by atoms with van der Waals surface area (Å²) in [6, 6.07) is 14.8. The fraction of sp³-hybridized carbons (Fsp3) is 0.500. The zero-order valence-corrected chi connectivity index (χ0v) is 18.1. The lowest BCUT2D eigenvalue weighted by Gasteiger charge is -2.35. The van der Waals surface area contributed by atoms with E-state index in [-0.39, 0.29) is 0 Å². The van der Waals surface area contributed by atoms with Crippen molar-refractivity contribution < 1.29 is 0 Å². The van der Waals surface area contributed by atoms with Crippen LogP contribution < -0.4 is 10.6 Å². The number of aliphatic imine (C=N–C) groups is 1. The molecule has 1 fully saturated rings. The lowest BCUT2D eigenvalue weighted by Crippen LogP contribution is -2.39. The van der Waals surface area contributed by atoms with Gasteiger partial charge in [-0.05, 0) is 41.5 Å². The molecule has 5 heteroatoms. The molecule has 0 bridgehead atoms. The Labute approximate surface area is 175 Å². The molecule has 2 unspecified atom stereocenters. The van der Waals surface area contributed by atoms with Gasteiger partial charge in [-0.25, -0.2) is 0 Å². The predicted octanol–water partition coefficient (Wildman–Crippen LogP) is 3.47. The summed E-state index contributed by atoms with van der Waals surface area (Å²) in [4.78, 5) is 11.3. The highest BCUT2D eigenvalue weighted by Crippen LogP contribution is 2.23. The normalized spacial score (nSPS) is 20.4. The van der Waals surface area contributed by atoms with Crippen molar-refractivity contribution in [1.29, 1.82) is 0 Å². The molecule has 0 spiro atoms. The topological polar surface area (TPSA) is 52.6 Å². The number of hydrogen-bond donors (Lipinski definition) is 2. The van der Waals surface area contributed by atoms with Crippen LogP contribution in [0.3, 0.4) is 0 Å². The first-order chi connectivity index (χ1) is 14.1.